The number of carbonyl (C=O) groups excluding carboxylic acids is 3. The van der Waals surface area contributed by atoms with Crippen LogP contribution in [0.4, 0.5) is 0 Å². The van der Waals surface area contributed by atoms with Gasteiger partial charge in [0.2, 0.25) is 0 Å². The van der Waals surface area contributed by atoms with Gasteiger partial charge in [-0.2, -0.15) is 0 Å². The Labute approximate surface area is 427 Å². The van der Waals surface area contributed by atoms with Crippen LogP contribution in [0.15, 0.2) is 72.9 Å². The van der Waals surface area contributed by atoms with E-state index < -0.39 is 6.10 Å². The zero-order valence-electron chi connectivity index (χ0n) is 45.6. The molecule has 0 aliphatic rings. The topological polar surface area (TPSA) is 78.9 Å². The van der Waals surface area contributed by atoms with Crippen molar-refractivity contribution in [3.05, 3.63) is 72.9 Å². The Hall–Kier alpha value is -3.15. The van der Waals surface area contributed by atoms with Crippen molar-refractivity contribution in [2.24, 2.45) is 0 Å². The number of ether oxygens (including phenoxy) is 3. The van der Waals surface area contributed by atoms with E-state index >= 15 is 0 Å². The van der Waals surface area contributed by atoms with Gasteiger partial charge in [-0.3, -0.25) is 14.4 Å². The van der Waals surface area contributed by atoms with E-state index in [-0.39, 0.29) is 31.1 Å². The van der Waals surface area contributed by atoms with Gasteiger partial charge in [-0.05, 0) is 109 Å². The first kappa shape index (κ1) is 65.8. The average Bonchev–Trinajstić information content (AvgIpc) is 3.35. The summed E-state index contributed by atoms with van der Waals surface area (Å²) in [6.07, 6.45) is 73.2. The summed E-state index contributed by atoms with van der Waals surface area (Å²) >= 11 is 0. The molecule has 1 atom stereocenters. The number of hydrogen-bond acceptors (Lipinski definition) is 6. The molecule has 1 unspecified atom stereocenters. The highest BCUT2D eigenvalue weighted by molar-refractivity contribution is 5.71. The zero-order valence-corrected chi connectivity index (χ0v) is 45.6. The molecule has 0 aliphatic carbocycles. The molecule has 0 spiro atoms. The van der Waals surface area contributed by atoms with E-state index in [4.69, 9.17) is 14.2 Å². The van der Waals surface area contributed by atoms with Gasteiger partial charge in [0.1, 0.15) is 13.2 Å². The molecule has 0 aromatic rings. The van der Waals surface area contributed by atoms with E-state index in [0.29, 0.717) is 19.3 Å². The van der Waals surface area contributed by atoms with Crippen molar-refractivity contribution in [1.29, 1.82) is 0 Å². The Bertz CT molecular complexity index is 1290. The van der Waals surface area contributed by atoms with Crippen molar-refractivity contribution in [3.8, 4) is 0 Å². The maximum atomic E-state index is 12.8. The molecule has 6 nitrogen and oxygen atoms in total. The summed E-state index contributed by atoms with van der Waals surface area (Å²) in [5.41, 5.74) is 0. The summed E-state index contributed by atoms with van der Waals surface area (Å²) < 4.78 is 16.9. The van der Waals surface area contributed by atoms with Gasteiger partial charge in [-0.1, -0.05) is 235 Å². The monoisotopic (exact) mass is 963 g/mol. The molecule has 6 heteroatoms. The van der Waals surface area contributed by atoms with Gasteiger partial charge in [0.25, 0.3) is 0 Å². The fourth-order valence-corrected chi connectivity index (χ4v) is 8.25. The van der Waals surface area contributed by atoms with Crippen LogP contribution in [-0.4, -0.2) is 37.2 Å². The van der Waals surface area contributed by atoms with E-state index in [2.05, 4.69) is 93.7 Å². The molecule has 0 saturated carbocycles. The highest BCUT2D eigenvalue weighted by atomic mass is 16.6. The van der Waals surface area contributed by atoms with Crippen LogP contribution in [0.1, 0.15) is 290 Å². The number of rotatable bonds is 53. The van der Waals surface area contributed by atoms with Crippen molar-refractivity contribution in [1.82, 2.24) is 0 Å². The fraction of sp³-hybridized carbons (Fsp3) is 0.762. The SMILES string of the molecule is CC/C=C\C/C=C\C/C=C\CCCCCCCC(=O)OC(COC(=O)CCCCCCC/C=C\CCCCCCCC)COC(=O)CCCCCCCCCCC/C=C\C/C=C\CCCCCCC. The second-order valence-corrected chi connectivity index (χ2v) is 19.5. The van der Waals surface area contributed by atoms with Gasteiger partial charge < -0.3 is 14.2 Å². The van der Waals surface area contributed by atoms with Gasteiger partial charge in [0.05, 0.1) is 0 Å². The molecule has 0 fully saturated rings. The second-order valence-electron chi connectivity index (χ2n) is 19.5. The lowest BCUT2D eigenvalue weighted by Gasteiger charge is -2.18. The third-order valence-corrected chi connectivity index (χ3v) is 12.7. The third kappa shape index (κ3) is 55.6. The minimum absolute atomic E-state index is 0.0867. The molecule has 0 rings (SSSR count). The fourth-order valence-electron chi connectivity index (χ4n) is 8.25. The minimum Gasteiger partial charge on any atom is -0.462 e. The van der Waals surface area contributed by atoms with Crippen molar-refractivity contribution in [2.75, 3.05) is 13.2 Å². The summed E-state index contributed by atoms with van der Waals surface area (Å²) in [6.45, 7) is 6.51. The molecule has 0 saturated heterocycles. The molecule has 398 valence electrons. The molecule has 0 N–H and O–H groups in total. The summed E-state index contributed by atoms with van der Waals surface area (Å²) in [4.78, 5) is 38.2. The van der Waals surface area contributed by atoms with E-state index in [0.717, 1.165) is 109 Å². The molecule has 0 aromatic heterocycles. The van der Waals surface area contributed by atoms with Crippen LogP contribution in [0.5, 0.6) is 0 Å². The first-order chi connectivity index (χ1) is 34.0. The normalized spacial score (nSPS) is 12.6. The standard InChI is InChI=1S/C63H110O6/c1-4-7-10-13-16-19-22-25-28-29-30-31-32-33-36-38-41-44-47-50-53-56-62(65)68-59-60(69-63(66)57-54-51-48-45-42-39-35-27-24-21-18-15-12-9-6-3)58-67-61(64)55-52-49-46-43-40-37-34-26-23-20-17-14-11-8-5-2/h9,12,18,21-22,25-27,29-30,34-35,60H,4-8,10-11,13-17,19-20,23-24,28,31-33,36-59H2,1-3H3/b12-9-,21-18-,25-22-,30-29-,34-26-,35-27-. The summed E-state index contributed by atoms with van der Waals surface area (Å²) in [7, 11) is 0. The van der Waals surface area contributed by atoms with E-state index in [9.17, 15) is 14.4 Å². The molecule has 0 heterocycles. The lowest BCUT2D eigenvalue weighted by molar-refractivity contribution is -0.167. The van der Waals surface area contributed by atoms with Crippen LogP contribution in [0.3, 0.4) is 0 Å². The van der Waals surface area contributed by atoms with Crippen LogP contribution in [0, 0.1) is 0 Å². The maximum absolute atomic E-state index is 12.8. The van der Waals surface area contributed by atoms with Crippen LogP contribution >= 0.6 is 0 Å². The number of esters is 3. The van der Waals surface area contributed by atoms with Gasteiger partial charge >= 0.3 is 17.9 Å². The Morgan fingerprint density at radius 2 is 0.565 bits per heavy atom. The van der Waals surface area contributed by atoms with Gasteiger partial charge in [-0.25, -0.2) is 0 Å². The summed E-state index contributed by atoms with van der Waals surface area (Å²) in [5.74, 6) is -0.908. The molecule has 69 heavy (non-hydrogen) atoms. The number of hydrogen-bond donors (Lipinski definition) is 0. The van der Waals surface area contributed by atoms with Gasteiger partial charge in [0.15, 0.2) is 6.10 Å². The van der Waals surface area contributed by atoms with Gasteiger partial charge in [-0.15, -0.1) is 0 Å². The van der Waals surface area contributed by atoms with Crippen LogP contribution in [0.25, 0.3) is 0 Å². The highest BCUT2D eigenvalue weighted by Crippen LogP contribution is 2.15. The second kappa shape index (κ2) is 57.4. The molecule has 0 aliphatic heterocycles. The Balaban J connectivity index is 4.38. The van der Waals surface area contributed by atoms with Crippen molar-refractivity contribution >= 4 is 17.9 Å². The lowest BCUT2D eigenvalue weighted by Crippen LogP contribution is -2.30. The van der Waals surface area contributed by atoms with Crippen molar-refractivity contribution in [2.45, 2.75) is 297 Å². The predicted molar refractivity (Wildman–Crippen MR) is 298 cm³/mol. The zero-order chi connectivity index (χ0) is 50.0. The third-order valence-electron chi connectivity index (χ3n) is 12.7. The van der Waals surface area contributed by atoms with Crippen molar-refractivity contribution in [3.63, 3.8) is 0 Å². The van der Waals surface area contributed by atoms with Crippen LogP contribution in [0.2, 0.25) is 0 Å². The van der Waals surface area contributed by atoms with Crippen molar-refractivity contribution < 1.29 is 28.6 Å². The van der Waals surface area contributed by atoms with E-state index in [1.807, 2.05) is 0 Å². The van der Waals surface area contributed by atoms with Crippen LogP contribution < -0.4 is 0 Å². The average molecular weight is 964 g/mol. The van der Waals surface area contributed by atoms with E-state index in [1.54, 1.807) is 0 Å². The maximum Gasteiger partial charge on any atom is 0.306 e. The number of allylic oxidation sites excluding steroid dienone is 12. The lowest BCUT2D eigenvalue weighted by atomic mass is 10.1. The molecule has 0 aromatic carbocycles. The van der Waals surface area contributed by atoms with Gasteiger partial charge in [0, 0.05) is 19.3 Å². The molecule has 0 amide bonds. The summed E-state index contributed by atoms with van der Waals surface area (Å²) in [6, 6.07) is 0. The number of unbranched alkanes of at least 4 members (excludes halogenated alkanes) is 30. The first-order valence-electron chi connectivity index (χ1n) is 29.4. The predicted octanol–water partition coefficient (Wildman–Crippen LogP) is 19.8. The molecular formula is C63H110O6. The smallest absolute Gasteiger partial charge is 0.306 e. The minimum atomic E-state index is -0.790. The molecule has 0 radical (unpaired) electrons. The Morgan fingerprint density at radius 1 is 0.304 bits per heavy atom. The Kier molecular flexibility index (Phi) is 54.8. The number of carbonyl (C=O) groups is 3. The summed E-state index contributed by atoms with van der Waals surface area (Å²) in [5, 5.41) is 0. The Morgan fingerprint density at radius 3 is 0.899 bits per heavy atom. The van der Waals surface area contributed by atoms with E-state index in [1.165, 1.54) is 141 Å². The van der Waals surface area contributed by atoms with Crippen LogP contribution in [-0.2, 0) is 28.6 Å². The quantitative estimate of drug-likeness (QED) is 0.0262. The molecular weight excluding hydrogens is 853 g/mol. The first-order valence-corrected chi connectivity index (χ1v) is 29.4. The largest absolute Gasteiger partial charge is 0.462 e. The highest BCUT2D eigenvalue weighted by Gasteiger charge is 2.19. The molecule has 0 bridgehead atoms.